The van der Waals surface area contributed by atoms with Gasteiger partial charge in [0.25, 0.3) is 0 Å². The second-order valence-corrected chi connectivity index (χ2v) is 6.38. The van der Waals surface area contributed by atoms with Crippen molar-refractivity contribution in [3.05, 3.63) is 65.3 Å². The number of rotatable bonds is 5. The van der Waals surface area contributed by atoms with E-state index in [0.29, 0.717) is 5.95 Å². The van der Waals surface area contributed by atoms with Crippen molar-refractivity contribution in [1.29, 1.82) is 0 Å². The summed E-state index contributed by atoms with van der Waals surface area (Å²) in [6.07, 6.45) is 1.73. The SMILES string of the molecule is CN(C)c1ccc(Nc2nccc(Nc3ccc(Br)cc3)n2)cc1. The summed E-state index contributed by atoms with van der Waals surface area (Å²) in [4.78, 5) is 10.8. The van der Waals surface area contributed by atoms with E-state index in [4.69, 9.17) is 0 Å². The number of hydrogen-bond acceptors (Lipinski definition) is 5. The maximum Gasteiger partial charge on any atom is 0.229 e. The molecule has 0 spiro atoms. The number of halogens is 1. The van der Waals surface area contributed by atoms with Crippen LogP contribution in [0, 0.1) is 0 Å². The molecule has 0 radical (unpaired) electrons. The lowest BCUT2D eigenvalue weighted by molar-refractivity contribution is 1.13. The van der Waals surface area contributed by atoms with Crippen LogP contribution < -0.4 is 15.5 Å². The van der Waals surface area contributed by atoms with Crippen LogP contribution in [0.3, 0.4) is 0 Å². The molecule has 2 N–H and O–H groups in total. The first-order chi connectivity index (χ1) is 11.6. The number of benzene rings is 2. The van der Waals surface area contributed by atoms with Crippen LogP contribution in [0.4, 0.5) is 28.8 Å². The second-order valence-electron chi connectivity index (χ2n) is 5.46. The normalized spacial score (nSPS) is 10.3. The Labute approximate surface area is 149 Å². The highest BCUT2D eigenvalue weighted by molar-refractivity contribution is 9.10. The maximum absolute atomic E-state index is 4.49. The Kier molecular flexibility index (Phi) is 4.96. The van der Waals surface area contributed by atoms with Crippen molar-refractivity contribution in [2.75, 3.05) is 29.6 Å². The van der Waals surface area contributed by atoms with Gasteiger partial charge in [0.2, 0.25) is 5.95 Å². The molecular weight excluding hydrogens is 366 g/mol. The molecule has 1 heterocycles. The van der Waals surface area contributed by atoms with E-state index in [1.165, 1.54) is 0 Å². The quantitative estimate of drug-likeness (QED) is 0.662. The van der Waals surface area contributed by atoms with Gasteiger partial charge in [-0.3, -0.25) is 0 Å². The maximum atomic E-state index is 4.49. The van der Waals surface area contributed by atoms with Gasteiger partial charge in [0.15, 0.2) is 0 Å². The lowest BCUT2D eigenvalue weighted by Crippen LogP contribution is -2.08. The number of aromatic nitrogens is 2. The Hall–Kier alpha value is -2.60. The number of hydrogen-bond donors (Lipinski definition) is 2. The van der Waals surface area contributed by atoms with Gasteiger partial charge in [-0.1, -0.05) is 15.9 Å². The first-order valence-electron chi connectivity index (χ1n) is 7.50. The summed E-state index contributed by atoms with van der Waals surface area (Å²) in [5, 5.41) is 6.48. The third-order valence-electron chi connectivity index (χ3n) is 3.41. The van der Waals surface area contributed by atoms with Gasteiger partial charge in [0.1, 0.15) is 5.82 Å². The van der Waals surface area contributed by atoms with Crippen molar-refractivity contribution < 1.29 is 0 Å². The predicted octanol–water partition coefficient (Wildman–Crippen LogP) is 4.79. The van der Waals surface area contributed by atoms with Crippen molar-refractivity contribution in [3.63, 3.8) is 0 Å². The van der Waals surface area contributed by atoms with Gasteiger partial charge in [-0.25, -0.2) is 4.98 Å². The smallest absolute Gasteiger partial charge is 0.229 e. The number of nitrogens with one attached hydrogen (secondary N) is 2. The van der Waals surface area contributed by atoms with Gasteiger partial charge in [-0.15, -0.1) is 0 Å². The van der Waals surface area contributed by atoms with E-state index in [1.54, 1.807) is 6.20 Å². The van der Waals surface area contributed by atoms with E-state index in [-0.39, 0.29) is 0 Å². The molecule has 1 aromatic heterocycles. The Morgan fingerprint density at radius 3 is 2.12 bits per heavy atom. The molecule has 122 valence electrons. The zero-order valence-electron chi connectivity index (χ0n) is 13.5. The second kappa shape index (κ2) is 7.31. The van der Waals surface area contributed by atoms with Crippen LogP contribution in [-0.2, 0) is 0 Å². The van der Waals surface area contributed by atoms with Crippen molar-refractivity contribution >= 4 is 44.8 Å². The molecule has 0 bridgehead atoms. The van der Waals surface area contributed by atoms with Gasteiger partial charge < -0.3 is 15.5 Å². The predicted molar refractivity (Wildman–Crippen MR) is 104 cm³/mol. The van der Waals surface area contributed by atoms with E-state index in [0.717, 1.165) is 27.4 Å². The fourth-order valence-electron chi connectivity index (χ4n) is 2.14. The van der Waals surface area contributed by atoms with E-state index in [9.17, 15) is 0 Å². The van der Waals surface area contributed by atoms with E-state index in [2.05, 4.69) is 41.4 Å². The molecule has 0 aliphatic carbocycles. The highest BCUT2D eigenvalue weighted by Crippen LogP contribution is 2.21. The van der Waals surface area contributed by atoms with Crippen molar-refractivity contribution in [1.82, 2.24) is 9.97 Å². The van der Waals surface area contributed by atoms with E-state index < -0.39 is 0 Å². The van der Waals surface area contributed by atoms with Crippen molar-refractivity contribution in [3.8, 4) is 0 Å². The lowest BCUT2D eigenvalue weighted by atomic mass is 10.2. The Morgan fingerprint density at radius 1 is 0.833 bits per heavy atom. The summed E-state index contributed by atoms with van der Waals surface area (Å²) in [6.45, 7) is 0. The molecule has 0 saturated carbocycles. The highest BCUT2D eigenvalue weighted by Gasteiger charge is 2.02. The monoisotopic (exact) mass is 383 g/mol. The molecule has 0 aliphatic heterocycles. The Bertz CT molecular complexity index is 800. The molecule has 3 aromatic rings. The molecule has 0 unspecified atom stereocenters. The Balaban J connectivity index is 1.71. The average Bonchev–Trinajstić information content (AvgIpc) is 2.58. The van der Waals surface area contributed by atoms with Gasteiger partial charge >= 0.3 is 0 Å². The zero-order valence-corrected chi connectivity index (χ0v) is 15.1. The minimum atomic E-state index is 0.551. The minimum absolute atomic E-state index is 0.551. The fourth-order valence-corrected chi connectivity index (χ4v) is 2.41. The summed E-state index contributed by atoms with van der Waals surface area (Å²) in [7, 11) is 4.03. The largest absolute Gasteiger partial charge is 0.378 e. The minimum Gasteiger partial charge on any atom is -0.378 e. The first-order valence-corrected chi connectivity index (χ1v) is 8.29. The molecule has 0 saturated heterocycles. The third-order valence-corrected chi connectivity index (χ3v) is 3.94. The standard InChI is InChI=1S/C18H18BrN5/c1-24(2)16-9-7-15(8-10-16)22-18-20-12-11-17(23-18)21-14-5-3-13(19)4-6-14/h3-12H,1-2H3,(H2,20,21,22,23). The molecule has 5 nitrogen and oxygen atoms in total. The van der Waals surface area contributed by atoms with Crippen LogP contribution >= 0.6 is 15.9 Å². The van der Waals surface area contributed by atoms with E-state index in [1.807, 2.05) is 68.7 Å². The molecule has 6 heteroatoms. The van der Waals surface area contributed by atoms with Gasteiger partial charge in [-0.05, 0) is 54.6 Å². The third kappa shape index (κ3) is 4.23. The topological polar surface area (TPSA) is 53.1 Å². The van der Waals surface area contributed by atoms with Crippen LogP contribution in [-0.4, -0.2) is 24.1 Å². The first kappa shape index (κ1) is 16.3. The van der Waals surface area contributed by atoms with E-state index >= 15 is 0 Å². The van der Waals surface area contributed by atoms with Crippen LogP contribution in [0.1, 0.15) is 0 Å². The van der Waals surface area contributed by atoms with Crippen LogP contribution in [0.15, 0.2) is 65.3 Å². The molecule has 24 heavy (non-hydrogen) atoms. The average molecular weight is 384 g/mol. The summed E-state index contributed by atoms with van der Waals surface area (Å²) in [5.41, 5.74) is 3.06. The molecule has 0 fully saturated rings. The van der Waals surface area contributed by atoms with Gasteiger partial charge in [-0.2, -0.15) is 4.98 Å². The van der Waals surface area contributed by atoms with Crippen LogP contribution in [0.25, 0.3) is 0 Å². The van der Waals surface area contributed by atoms with Crippen LogP contribution in [0.5, 0.6) is 0 Å². The number of nitrogens with zero attached hydrogens (tertiary/aromatic N) is 3. The molecular formula is C18H18BrN5. The molecule has 0 amide bonds. The molecule has 0 atom stereocenters. The number of anilines is 5. The fraction of sp³-hybridized carbons (Fsp3) is 0.111. The van der Waals surface area contributed by atoms with Crippen molar-refractivity contribution in [2.24, 2.45) is 0 Å². The van der Waals surface area contributed by atoms with Gasteiger partial charge in [0, 0.05) is 41.8 Å². The molecule has 2 aromatic carbocycles. The Morgan fingerprint density at radius 2 is 1.46 bits per heavy atom. The zero-order chi connectivity index (χ0) is 16.9. The lowest BCUT2D eigenvalue weighted by Gasteiger charge is -2.13. The van der Waals surface area contributed by atoms with Gasteiger partial charge in [0.05, 0.1) is 0 Å². The molecule has 3 rings (SSSR count). The summed E-state index contributed by atoms with van der Waals surface area (Å²) >= 11 is 3.43. The summed E-state index contributed by atoms with van der Waals surface area (Å²) in [5.74, 6) is 1.29. The highest BCUT2D eigenvalue weighted by atomic mass is 79.9. The summed E-state index contributed by atoms with van der Waals surface area (Å²) in [6, 6.07) is 17.9. The van der Waals surface area contributed by atoms with Crippen LogP contribution in [0.2, 0.25) is 0 Å². The molecule has 0 aliphatic rings. The van der Waals surface area contributed by atoms with Crippen molar-refractivity contribution in [2.45, 2.75) is 0 Å². The summed E-state index contributed by atoms with van der Waals surface area (Å²) < 4.78 is 1.04.